The molecule has 3 fully saturated rings. The van der Waals surface area contributed by atoms with Gasteiger partial charge < -0.3 is 5.73 Å². The molecule has 2 nitrogen and oxygen atoms in total. The first kappa shape index (κ1) is 13.9. The Morgan fingerprint density at radius 1 is 0.579 bits per heavy atom. The molecule has 0 aromatic heterocycles. The molecular formula is C17H32N2. The molecule has 3 saturated carbocycles. The van der Waals surface area contributed by atoms with Gasteiger partial charge >= 0.3 is 0 Å². The fraction of sp³-hybridized carbons (Fsp3) is 1.00. The molecular weight excluding hydrogens is 232 g/mol. The fourth-order valence-electron chi connectivity index (χ4n) is 4.94. The van der Waals surface area contributed by atoms with Crippen molar-refractivity contribution in [2.24, 2.45) is 5.73 Å². The van der Waals surface area contributed by atoms with Crippen molar-refractivity contribution >= 4 is 0 Å². The maximum Gasteiger partial charge on any atom is 0.0253 e. The summed E-state index contributed by atoms with van der Waals surface area (Å²) in [4.78, 5) is 2.95. The second-order valence-electron chi connectivity index (χ2n) is 7.19. The van der Waals surface area contributed by atoms with E-state index in [-0.39, 0.29) is 0 Å². The molecule has 0 amide bonds. The summed E-state index contributed by atoms with van der Waals surface area (Å²) in [5.41, 5.74) is 6.45. The second kappa shape index (κ2) is 6.58. The van der Waals surface area contributed by atoms with Crippen LogP contribution in [0.15, 0.2) is 0 Å². The van der Waals surface area contributed by atoms with Gasteiger partial charge in [0.25, 0.3) is 0 Å². The first-order valence-corrected chi connectivity index (χ1v) is 8.89. The van der Waals surface area contributed by atoms with Crippen molar-refractivity contribution in [3.63, 3.8) is 0 Å². The van der Waals surface area contributed by atoms with Gasteiger partial charge in [0.15, 0.2) is 0 Å². The van der Waals surface area contributed by atoms with Crippen molar-refractivity contribution in [1.82, 2.24) is 4.90 Å². The predicted molar refractivity (Wildman–Crippen MR) is 81.2 cm³/mol. The third-order valence-corrected chi connectivity index (χ3v) is 5.91. The van der Waals surface area contributed by atoms with E-state index in [1.54, 1.807) is 0 Å². The van der Waals surface area contributed by atoms with Crippen LogP contribution in [0.3, 0.4) is 0 Å². The Labute approximate surface area is 119 Å². The third-order valence-electron chi connectivity index (χ3n) is 5.91. The van der Waals surface area contributed by atoms with Crippen LogP contribution in [0.5, 0.6) is 0 Å². The Kier molecular flexibility index (Phi) is 4.81. The summed E-state index contributed by atoms with van der Waals surface area (Å²) in [5, 5.41) is 0. The Morgan fingerprint density at radius 3 is 1.53 bits per heavy atom. The second-order valence-corrected chi connectivity index (χ2v) is 7.19. The summed E-state index contributed by atoms with van der Waals surface area (Å²) in [6.07, 6.45) is 18.5. The van der Waals surface area contributed by atoms with Crippen LogP contribution in [0, 0.1) is 0 Å². The van der Waals surface area contributed by atoms with Crippen molar-refractivity contribution in [3.8, 4) is 0 Å². The van der Waals surface area contributed by atoms with Crippen molar-refractivity contribution in [2.45, 2.75) is 108 Å². The molecule has 2 unspecified atom stereocenters. The van der Waals surface area contributed by atoms with Gasteiger partial charge in [-0.15, -0.1) is 0 Å². The lowest BCUT2D eigenvalue weighted by molar-refractivity contribution is 0.0339. The lowest BCUT2D eigenvalue weighted by Crippen LogP contribution is -2.55. The predicted octanol–water partition coefficient (Wildman–Crippen LogP) is 3.83. The topological polar surface area (TPSA) is 29.3 Å². The van der Waals surface area contributed by atoms with Gasteiger partial charge in [0.1, 0.15) is 0 Å². The van der Waals surface area contributed by atoms with E-state index in [9.17, 15) is 0 Å². The normalized spacial score (nSPS) is 35.1. The van der Waals surface area contributed by atoms with Crippen molar-refractivity contribution in [2.75, 3.05) is 0 Å². The van der Waals surface area contributed by atoms with Crippen molar-refractivity contribution in [1.29, 1.82) is 0 Å². The Hall–Kier alpha value is -0.0800. The molecule has 3 aliphatic carbocycles. The number of nitrogens with zero attached hydrogens (tertiary/aromatic N) is 1. The molecule has 0 saturated heterocycles. The maximum absolute atomic E-state index is 6.45. The van der Waals surface area contributed by atoms with E-state index in [0.717, 1.165) is 12.1 Å². The highest BCUT2D eigenvalue weighted by Crippen LogP contribution is 2.36. The quantitative estimate of drug-likeness (QED) is 0.839. The van der Waals surface area contributed by atoms with E-state index in [4.69, 9.17) is 5.73 Å². The van der Waals surface area contributed by atoms with Gasteiger partial charge in [-0.2, -0.15) is 0 Å². The molecule has 3 rings (SSSR count). The molecule has 0 spiro atoms. The average Bonchev–Trinajstić information content (AvgIpc) is 2.88. The third kappa shape index (κ3) is 3.16. The minimum absolute atomic E-state index is 0.462. The van der Waals surface area contributed by atoms with Crippen LogP contribution in [-0.4, -0.2) is 29.1 Å². The highest BCUT2D eigenvalue weighted by Gasteiger charge is 2.38. The van der Waals surface area contributed by atoms with Crippen LogP contribution < -0.4 is 5.73 Å². The zero-order chi connectivity index (χ0) is 13.1. The molecule has 0 aliphatic heterocycles. The number of rotatable bonds is 3. The van der Waals surface area contributed by atoms with Crippen LogP contribution in [-0.2, 0) is 0 Å². The first-order chi connectivity index (χ1) is 9.36. The summed E-state index contributed by atoms with van der Waals surface area (Å²) in [7, 11) is 0. The van der Waals surface area contributed by atoms with Crippen LogP contribution in [0.2, 0.25) is 0 Å². The van der Waals surface area contributed by atoms with Crippen LogP contribution in [0.4, 0.5) is 0 Å². The maximum atomic E-state index is 6.45. The lowest BCUT2D eigenvalue weighted by Gasteiger charge is -2.46. The minimum atomic E-state index is 0.462. The van der Waals surface area contributed by atoms with Crippen LogP contribution in [0.25, 0.3) is 0 Å². The molecule has 0 radical (unpaired) electrons. The van der Waals surface area contributed by atoms with E-state index >= 15 is 0 Å². The summed E-state index contributed by atoms with van der Waals surface area (Å²) in [6.45, 7) is 0. The van der Waals surface area contributed by atoms with Crippen molar-refractivity contribution in [3.05, 3.63) is 0 Å². The molecule has 0 aromatic carbocycles. The lowest BCUT2D eigenvalue weighted by atomic mass is 9.86. The zero-order valence-corrected chi connectivity index (χ0v) is 12.5. The molecule has 0 heterocycles. The zero-order valence-electron chi connectivity index (χ0n) is 12.5. The van der Waals surface area contributed by atoms with Gasteiger partial charge in [-0.1, -0.05) is 44.9 Å². The van der Waals surface area contributed by atoms with Gasteiger partial charge in [0.05, 0.1) is 0 Å². The molecule has 19 heavy (non-hydrogen) atoms. The number of hydrogen-bond acceptors (Lipinski definition) is 2. The molecule has 0 bridgehead atoms. The fourth-order valence-corrected chi connectivity index (χ4v) is 4.94. The number of nitrogens with two attached hydrogens (primary N) is 1. The van der Waals surface area contributed by atoms with E-state index < -0.39 is 0 Å². The summed E-state index contributed by atoms with van der Waals surface area (Å²) in [5.74, 6) is 0. The largest absolute Gasteiger partial charge is 0.326 e. The van der Waals surface area contributed by atoms with Gasteiger partial charge in [-0.3, -0.25) is 4.90 Å². The first-order valence-electron chi connectivity index (χ1n) is 8.89. The molecule has 2 heteroatoms. The SMILES string of the molecule is NC1CCCC1N(C1CCCCC1)C1CCCCC1. The Balaban J connectivity index is 1.73. The molecule has 3 aliphatic rings. The van der Waals surface area contributed by atoms with E-state index in [1.807, 2.05) is 0 Å². The summed E-state index contributed by atoms with van der Waals surface area (Å²) < 4.78 is 0. The van der Waals surface area contributed by atoms with Gasteiger partial charge in [-0.25, -0.2) is 0 Å². The molecule has 0 aromatic rings. The van der Waals surface area contributed by atoms with E-state index in [2.05, 4.69) is 4.90 Å². The summed E-state index contributed by atoms with van der Waals surface area (Å²) in [6, 6.07) is 2.91. The Morgan fingerprint density at radius 2 is 1.11 bits per heavy atom. The minimum Gasteiger partial charge on any atom is -0.326 e. The standard InChI is InChI=1S/C17H32N2/c18-16-12-7-13-17(16)19(14-8-3-1-4-9-14)15-10-5-2-6-11-15/h14-17H,1-13,18H2. The highest BCUT2D eigenvalue weighted by atomic mass is 15.2. The molecule has 2 atom stereocenters. The Bertz CT molecular complexity index is 248. The molecule has 110 valence electrons. The van der Waals surface area contributed by atoms with Gasteiger partial charge in [0.2, 0.25) is 0 Å². The van der Waals surface area contributed by atoms with Crippen LogP contribution in [0.1, 0.15) is 83.5 Å². The monoisotopic (exact) mass is 264 g/mol. The van der Waals surface area contributed by atoms with E-state index in [0.29, 0.717) is 12.1 Å². The van der Waals surface area contributed by atoms with Crippen molar-refractivity contribution < 1.29 is 0 Å². The average molecular weight is 264 g/mol. The summed E-state index contributed by atoms with van der Waals surface area (Å²) >= 11 is 0. The number of hydrogen-bond donors (Lipinski definition) is 1. The smallest absolute Gasteiger partial charge is 0.0253 e. The van der Waals surface area contributed by atoms with Gasteiger partial charge in [0, 0.05) is 24.2 Å². The van der Waals surface area contributed by atoms with Gasteiger partial charge in [-0.05, 0) is 38.5 Å². The molecule has 2 N–H and O–H groups in total. The van der Waals surface area contributed by atoms with E-state index in [1.165, 1.54) is 83.5 Å². The highest BCUT2D eigenvalue weighted by molar-refractivity contribution is 4.95. The van der Waals surface area contributed by atoms with Crippen LogP contribution >= 0.6 is 0 Å².